The third kappa shape index (κ3) is 13.2. The van der Waals surface area contributed by atoms with Crippen molar-refractivity contribution in [2.45, 2.75) is 129 Å². The Hall–Kier alpha value is -2.70. The van der Waals surface area contributed by atoms with Crippen LogP contribution in [-0.4, -0.2) is 28.7 Å². The lowest BCUT2D eigenvalue weighted by Crippen LogP contribution is -2.32. The largest absolute Gasteiger partial charge is 0.481 e. The van der Waals surface area contributed by atoms with Gasteiger partial charge in [0.1, 0.15) is 5.84 Å². The van der Waals surface area contributed by atoms with Gasteiger partial charge in [-0.1, -0.05) is 128 Å². The average molecular weight is 528 g/mol. The number of carbonyl (C=O) groups excluding carboxylic acids is 2. The van der Waals surface area contributed by atoms with Gasteiger partial charge in [-0.25, -0.2) is 0 Å². The van der Waals surface area contributed by atoms with E-state index in [2.05, 4.69) is 17.3 Å². The summed E-state index contributed by atoms with van der Waals surface area (Å²) in [6, 6.07) is 9.01. The Morgan fingerprint density at radius 2 is 1.34 bits per heavy atom. The highest BCUT2D eigenvalue weighted by Crippen LogP contribution is 2.20. The Balaban J connectivity index is 1.51. The number of nitrogens with zero attached hydrogens (tertiary/aromatic N) is 2. The number of hydrazone groups is 1. The number of carboxylic acid groups (broad SMARTS) is 1. The van der Waals surface area contributed by atoms with Gasteiger partial charge in [-0.15, -0.1) is 0 Å². The number of amidine groups is 1. The van der Waals surface area contributed by atoms with E-state index in [1.165, 1.54) is 88.5 Å². The molecule has 212 valence electrons. The fourth-order valence-electron chi connectivity index (χ4n) is 4.96. The van der Waals surface area contributed by atoms with Crippen LogP contribution in [0, 0.1) is 5.92 Å². The standard InChI is InChI=1S/C31H49N3O4/c1-2-3-4-5-6-7-8-9-10-11-12-13-14-15-16-18-21-26(31(37)38)24-29(35)32-28-25-30(36)34(33-28)27-22-19-17-20-23-27/h17,19-20,22-23,26H,2-16,18,21,24-25H2,1H3,(H,37,38)(H,32,33,35)/t26-/m1/s1. The molecule has 2 amide bonds. The summed E-state index contributed by atoms with van der Waals surface area (Å²) < 4.78 is 0. The van der Waals surface area contributed by atoms with Gasteiger partial charge >= 0.3 is 5.97 Å². The number of amides is 2. The first kappa shape index (κ1) is 31.5. The second-order valence-electron chi connectivity index (χ2n) is 10.6. The number of hydrogen-bond acceptors (Lipinski definition) is 4. The third-order valence-corrected chi connectivity index (χ3v) is 7.25. The summed E-state index contributed by atoms with van der Waals surface area (Å²) in [5.74, 6) is -2.04. The minimum atomic E-state index is -0.948. The zero-order valence-electron chi connectivity index (χ0n) is 23.5. The topological polar surface area (TPSA) is 99.1 Å². The first-order valence-corrected chi connectivity index (χ1v) is 15.0. The van der Waals surface area contributed by atoms with E-state index in [4.69, 9.17) is 0 Å². The van der Waals surface area contributed by atoms with Gasteiger partial charge in [-0.3, -0.25) is 14.4 Å². The molecule has 7 nitrogen and oxygen atoms in total. The summed E-state index contributed by atoms with van der Waals surface area (Å²) in [4.78, 5) is 36.4. The molecule has 0 bridgehead atoms. The van der Waals surface area contributed by atoms with Crippen LogP contribution in [0.4, 0.5) is 5.69 Å². The molecule has 1 heterocycles. The van der Waals surface area contributed by atoms with Crippen LogP contribution in [0.3, 0.4) is 0 Å². The van der Waals surface area contributed by atoms with E-state index in [9.17, 15) is 19.5 Å². The van der Waals surface area contributed by atoms with Gasteiger partial charge in [0.05, 0.1) is 18.0 Å². The number of hydrogen-bond donors (Lipinski definition) is 2. The van der Waals surface area contributed by atoms with E-state index in [1.54, 1.807) is 12.1 Å². The lowest BCUT2D eigenvalue weighted by atomic mass is 9.96. The summed E-state index contributed by atoms with van der Waals surface area (Å²) >= 11 is 0. The number of benzene rings is 1. The molecule has 38 heavy (non-hydrogen) atoms. The van der Waals surface area contributed by atoms with Crippen molar-refractivity contribution in [2.75, 3.05) is 5.01 Å². The molecule has 1 aliphatic rings. The average Bonchev–Trinajstić information content (AvgIpc) is 3.27. The highest BCUT2D eigenvalue weighted by molar-refractivity contribution is 6.15. The lowest BCUT2D eigenvalue weighted by molar-refractivity contribution is -0.144. The van der Waals surface area contributed by atoms with E-state index in [0.29, 0.717) is 12.1 Å². The normalized spacial score (nSPS) is 14.0. The highest BCUT2D eigenvalue weighted by atomic mass is 16.4. The minimum Gasteiger partial charge on any atom is -0.481 e. The Morgan fingerprint density at radius 1 is 0.842 bits per heavy atom. The van der Waals surface area contributed by atoms with Crippen LogP contribution in [0.15, 0.2) is 35.4 Å². The molecule has 0 aromatic heterocycles. The first-order valence-electron chi connectivity index (χ1n) is 15.0. The summed E-state index contributed by atoms with van der Waals surface area (Å²) in [6.45, 7) is 2.26. The molecule has 0 spiro atoms. The lowest BCUT2D eigenvalue weighted by Gasteiger charge is -2.12. The fraction of sp³-hybridized carbons (Fsp3) is 0.677. The van der Waals surface area contributed by atoms with Crippen molar-refractivity contribution >= 4 is 29.3 Å². The Morgan fingerprint density at radius 3 is 1.84 bits per heavy atom. The van der Waals surface area contributed by atoms with Crippen molar-refractivity contribution in [2.24, 2.45) is 11.0 Å². The molecule has 1 aliphatic heterocycles. The van der Waals surface area contributed by atoms with Crippen LogP contribution in [0.1, 0.15) is 129 Å². The summed E-state index contributed by atoms with van der Waals surface area (Å²) in [5, 5.41) is 17.7. The van der Waals surface area contributed by atoms with Crippen LogP contribution in [-0.2, 0) is 14.4 Å². The van der Waals surface area contributed by atoms with E-state index in [0.717, 1.165) is 19.3 Å². The second kappa shape index (κ2) is 19.4. The number of nitrogens with one attached hydrogen (secondary N) is 1. The van der Waals surface area contributed by atoms with Crippen LogP contribution in [0.2, 0.25) is 0 Å². The molecule has 0 saturated heterocycles. The number of rotatable bonds is 21. The quantitative estimate of drug-likeness (QED) is 0.161. The number of aliphatic carboxylic acids is 1. The zero-order chi connectivity index (χ0) is 27.4. The molecule has 2 N–H and O–H groups in total. The number of carbonyl (C=O) groups is 3. The maximum Gasteiger partial charge on any atom is 0.307 e. The van der Waals surface area contributed by atoms with Gasteiger partial charge < -0.3 is 10.4 Å². The number of para-hydroxylation sites is 1. The first-order chi connectivity index (χ1) is 18.5. The molecular weight excluding hydrogens is 478 g/mol. The molecule has 7 heteroatoms. The van der Waals surface area contributed by atoms with Crippen molar-refractivity contribution in [3.05, 3.63) is 30.3 Å². The minimum absolute atomic E-state index is 0.00248. The summed E-state index contributed by atoms with van der Waals surface area (Å²) in [7, 11) is 0. The third-order valence-electron chi connectivity index (χ3n) is 7.25. The molecular formula is C31H49N3O4. The Kier molecular flexibility index (Phi) is 16.1. The van der Waals surface area contributed by atoms with Crippen LogP contribution in [0.25, 0.3) is 0 Å². The van der Waals surface area contributed by atoms with Gasteiger partial charge in [0.2, 0.25) is 5.91 Å². The predicted molar refractivity (Wildman–Crippen MR) is 154 cm³/mol. The molecule has 0 aliphatic carbocycles. The van der Waals surface area contributed by atoms with Crippen LogP contribution < -0.4 is 10.3 Å². The fourth-order valence-corrected chi connectivity index (χ4v) is 4.96. The Bertz CT molecular complexity index is 856. The van der Waals surface area contributed by atoms with Gasteiger partial charge in [0.15, 0.2) is 0 Å². The molecule has 2 rings (SSSR count). The highest BCUT2D eigenvalue weighted by Gasteiger charge is 2.28. The molecule has 0 saturated carbocycles. The number of unbranched alkanes of at least 4 members (excludes halogenated alkanes) is 15. The van der Waals surface area contributed by atoms with E-state index >= 15 is 0 Å². The molecule has 1 atom stereocenters. The van der Waals surface area contributed by atoms with Gasteiger partial charge in [-0.2, -0.15) is 10.1 Å². The Labute approximate surface area is 229 Å². The van der Waals surface area contributed by atoms with E-state index < -0.39 is 17.8 Å². The van der Waals surface area contributed by atoms with Crippen molar-refractivity contribution in [3.8, 4) is 0 Å². The molecule has 1 aromatic rings. The summed E-state index contributed by atoms with van der Waals surface area (Å²) in [6.07, 6.45) is 20.8. The molecule has 0 fully saturated rings. The molecule has 0 unspecified atom stereocenters. The van der Waals surface area contributed by atoms with Crippen LogP contribution in [0.5, 0.6) is 0 Å². The van der Waals surface area contributed by atoms with Crippen molar-refractivity contribution in [1.29, 1.82) is 0 Å². The predicted octanol–water partition coefficient (Wildman–Crippen LogP) is 7.60. The van der Waals surface area contributed by atoms with Crippen LogP contribution >= 0.6 is 0 Å². The van der Waals surface area contributed by atoms with Gasteiger partial charge in [-0.05, 0) is 18.6 Å². The van der Waals surface area contributed by atoms with Crippen molar-refractivity contribution < 1.29 is 19.5 Å². The monoisotopic (exact) mass is 527 g/mol. The number of carboxylic acids is 1. The van der Waals surface area contributed by atoms with Crippen molar-refractivity contribution in [3.63, 3.8) is 0 Å². The van der Waals surface area contributed by atoms with Gasteiger partial charge in [0, 0.05) is 6.42 Å². The molecule has 1 aromatic carbocycles. The molecule has 0 radical (unpaired) electrons. The van der Waals surface area contributed by atoms with Crippen molar-refractivity contribution in [1.82, 2.24) is 5.32 Å². The summed E-state index contributed by atoms with van der Waals surface area (Å²) in [5.41, 5.74) is 0.633. The maximum atomic E-state index is 12.5. The second-order valence-corrected chi connectivity index (χ2v) is 10.6. The van der Waals surface area contributed by atoms with Gasteiger partial charge in [0.25, 0.3) is 5.91 Å². The smallest absolute Gasteiger partial charge is 0.307 e. The van der Waals surface area contributed by atoms with E-state index in [-0.39, 0.29) is 24.6 Å². The SMILES string of the molecule is CCCCCCCCCCCCCCCCCC[C@H](CC(=O)NC1=NN(c2ccccc2)C(=O)C1)C(=O)O. The number of anilines is 1. The maximum absolute atomic E-state index is 12.5. The zero-order valence-corrected chi connectivity index (χ0v) is 23.5. The van der Waals surface area contributed by atoms with E-state index in [1.807, 2.05) is 18.2 Å².